The van der Waals surface area contributed by atoms with E-state index in [0.29, 0.717) is 29.5 Å². The number of benzene rings is 2. The van der Waals surface area contributed by atoms with Gasteiger partial charge >= 0.3 is 5.97 Å². The number of hydrogen-bond acceptors (Lipinski definition) is 5. The molecule has 2 rings (SSSR count). The minimum Gasteiger partial charge on any atom is -0.478 e. The van der Waals surface area contributed by atoms with Crippen LogP contribution < -0.4 is 9.64 Å². The molecular formula is C23H31ClN2O5S. The molecule has 0 unspecified atom stereocenters. The van der Waals surface area contributed by atoms with E-state index < -0.39 is 16.0 Å². The lowest BCUT2D eigenvalue weighted by Crippen LogP contribution is -2.28. The molecule has 0 amide bonds. The van der Waals surface area contributed by atoms with Crippen molar-refractivity contribution in [3.8, 4) is 11.5 Å². The number of ether oxygens (including phenoxy) is 1. The molecule has 0 bridgehead atoms. The normalized spacial score (nSPS) is 11.6. The average molecular weight is 483 g/mol. The summed E-state index contributed by atoms with van der Waals surface area (Å²) >= 11 is 5.98. The van der Waals surface area contributed by atoms with Gasteiger partial charge in [0.05, 0.1) is 11.3 Å². The van der Waals surface area contributed by atoms with Gasteiger partial charge in [0.2, 0.25) is 10.0 Å². The maximum Gasteiger partial charge on any atom is 0.335 e. The summed E-state index contributed by atoms with van der Waals surface area (Å²) in [6, 6.07) is 9.23. The van der Waals surface area contributed by atoms with Crippen LogP contribution in [0.2, 0.25) is 5.02 Å². The number of anilines is 1. The second-order valence-corrected chi connectivity index (χ2v) is 10.2. The van der Waals surface area contributed by atoms with Crippen LogP contribution in [-0.4, -0.2) is 51.0 Å². The van der Waals surface area contributed by atoms with E-state index in [1.54, 1.807) is 24.3 Å². The van der Waals surface area contributed by atoms with Crippen LogP contribution in [0.5, 0.6) is 11.5 Å². The largest absolute Gasteiger partial charge is 0.478 e. The Labute approximate surface area is 195 Å². The first-order chi connectivity index (χ1) is 15.1. The summed E-state index contributed by atoms with van der Waals surface area (Å²) in [5.41, 5.74) is 0.337. The van der Waals surface area contributed by atoms with Gasteiger partial charge in [0.1, 0.15) is 10.6 Å². The predicted molar refractivity (Wildman–Crippen MR) is 128 cm³/mol. The number of unbranched alkanes of at least 4 members (excludes halogenated alkanes) is 2. The molecule has 7 nitrogen and oxygen atoms in total. The Morgan fingerprint density at radius 1 is 1.03 bits per heavy atom. The van der Waals surface area contributed by atoms with E-state index in [4.69, 9.17) is 16.3 Å². The Morgan fingerprint density at radius 2 is 1.59 bits per heavy atom. The summed E-state index contributed by atoms with van der Waals surface area (Å²) in [4.78, 5) is 13.7. The molecule has 2 aromatic carbocycles. The van der Waals surface area contributed by atoms with E-state index in [0.717, 1.165) is 36.1 Å². The molecule has 0 aliphatic heterocycles. The quantitative estimate of drug-likeness (QED) is 0.430. The molecule has 0 fully saturated rings. The third kappa shape index (κ3) is 6.37. The average Bonchev–Trinajstić information content (AvgIpc) is 2.75. The van der Waals surface area contributed by atoms with Gasteiger partial charge in [0, 0.05) is 32.2 Å². The zero-order valence-corrected chi connectivity index (χ0v) is 20.5. The standard InChI is InChI=1S/C23H31ClN2O5S/c1-5-7-13-26(14-8-6-2)20-15-17(23(27)28)16-21(32(29,30)25(3)4)22(20)31-19-11-9-18(24)10-12-19/h9-12,15-16H,5-8,13-14H2,1-4H3,(H,27,28). The van der Waals surface area contributed by atoms with Gasteiger partial charge in [-0.05, 0) is 49.2 Å². The minimum absolute atomic E-state index is 0.109. The highest BCUT2D eigenvalue weighted by molar-refractivity contribution is 7.89. The number of carboxylic acid groups (broad SMARTS) is 1. The number of aromatic carboxylic acids is 1. The maximum atomic E-state index is 13.2. The van der Waals surface area contributed by atoms with Crippen LogP contribution in [0.15, 0.2) is 41.3 Å². The van der Waals surface area contributed by atoms with Gasteiger partial charge in [0.25, 0.3) is 0 Å². The van der Waals surface area contributed by atoms with Gasteiger partial charge in [-0.15, -0.1) is 0 Å². The highest BCUT2D eigenvalue weighted by atomic mass is 35.5. The summed E-state index contributed by atoms with van der Waals surface area (Å²) in [5, 5.41) is 10.2. The van der Waals surface area contributed by atoms with E-state index in [1.165, 1.54) is 20.2 Å². The van der Waals surface area contributed by atoms with Crippen molar-refractivity contribution in [2.45, 2.75) is 44.4 Å². The van der Waals surface area contributed by atoms with Crippen LogP contribution in [0.25, 0.3) is 0 Å². The summed E-state index contributed by atoms with van der Waals surface area (Å²) < 4.78 is 33.5. The van der Waals surface area contributed by atoms with Crippen molar-refractivity contribution in [1.82, 2.24) is 4.31 Å². The number of sulfonamides is 1. The van der Waals surface area contributed by atoms with Gasteiger partial charge in [0.15, 0.2) is 5.75 Å². The molecule has 0 heterocycles. The zero-order valence-electron chi connectivity index (χ0n) is 19.0. The smallest absolute Gasteiger partial charge is 0.335 e. The Kier molecular flexibility index (Phi) is 9.36. The number of carboxylic acids is 1. The number of rotatable bonds is 12. The van der Waals surface area contributed by atoms with Crippen molar-refractivity contribution in [2.24, 2.45) is 0 Å². The fourth-order valence-corrected chi connectivity index (χ4v) is 4.28. The van der Waals surface area contributed by atoms with Crippen molar-refractivity contribution < 1.29 is 23.1 Å². The van der Waals surface area contributed by atoms with Crippen LogP contribution >= 0.6 is 11.6 Å². The van der Waals surface area contributed by atoms with Gasteiger partial charge < -0.3 is 14.7 Å². The predicted octanol–water partition coefficient (Wildman–Crippen LogP) is 5.49. The van der Waals surface area contributed by atoms with E-state index in [-0.39, 0.29) is 16.2 Å². The molecule has 2 aromatic rings. The third-order valence-electron chi connectivity index (χ3n) is 4.98. The van der Waals surface area contributed by atoms with Crippen LogP contribution in [-0.2, 0) is 10.0 Å². The van der Waals surface area contributed by atoms with Crippen molar-refractivity contribution >= 4 is 33.3 Å². The Morgan fingerprint density at radius 3 is 2.06 bits per heavy atom. The van der Waals surface area contributed by atoms with Crippen molar-refractivity contribution in [3.63, 3.8) is 0 Å². The topological polar surface area (TPSA) is 87.2 Å². The number of carbonyl (C=O) groups is 1. The molecule has 9 heteroatoms. The monoisotopic (exact) mass is 482 g/mol. The van der Waals surface area contributed by atoms with Gasteiger partial charge in [-0.1, -0.05) is 38.3 Å². The fraction of sp³-hybridized carbons (Fsp3) is 0.435. The SMILES string of the molecule is CCCCN(CCCC)c1cc(C(=O)O)cc(S(=O)(=O)N(C)C)c1Oc1ccc(Cl)cc1. The summed E-state index contributed by atoms with van der Waals surface area (Å²) in [6.07, 6.45) is 3.63. The lowest BCUT2D eigenvalue weighted by molar-refractivity contribution is 0.0696. The van der Waals surface area contributed by atoms with E-state index >= 15 is 0 Å². The number of nitrogens with zero attached hydrogens (tertiary/aromatic N) is 2. The molecule has 0 spiro atoms. The molecular weight excluding hydrogens is 452 g/mol. The second kappa shape index (κ2) is 11.5. The van der Waals surface area contributed by atoms with E-state index in [1.807, 2.05) is 4.90 Å². The molecule has 0 radical (unpaired) electrons. The van der Waals surface area contributed by atoms with E-state index in [2.05, 4.69) is 13.8 Å². The summed E-state index contributed by atoms with van der Waals surface area (Å²) in [6.45, 7) is 5.44. The molecule has 0 saturated carbocycles. The Balaban J connectivity index is 2.80. The molecule has 0 atom stereocenters. The van der Waals surface area contributed by atoms with E-state index in [9.17, 15) is 18.3 Å². The van der Waals surface area contributed by atoms with Crippen molar-refractivity contribution in [1.29, 1.82) is 0 Å². The van der Waals surface area contributed by atoms with Gasteiger partial charge in [-0.25, -0.2) is 17.5 Å². The zero-order chi connectivity index (χ0) is 23.9. The molecule has 0 aliphatic carbocycles. The van der Waals surface area contributed by atoms with Gasteiger partial charge in [-0.2, -0.15) is 0 Å². The lowest BCUT2D eigenvalue weighted by atomic mass is 10.1. The molecule has 176 valence electrons. The molecule has 0 aliphatic rings. The lowest BCUT2D eigenvalue weighted by Gasteiger charge is -2.29. The molecule has 0 saturated heterocycles. The minimum atomic E-state index is -4.00. The van der Waals surface area contributed by atoms with Gasteiger partial charge in [-0.3, -0.25) is 0 Å². The van der Waals surface area contributed by atoms with Crippen LogP contribution in [0.1, 0.15) is 49.9 Å². The Hall–Kier alpha value is -2.29. The fourth-order valence-electron chi connectivity index (χ4n) is 3.11. The van der Waals surface area contributed by atoms with Crippen molar-refractivity contribution in [3.05, 3.63) is 47.0 Å². The van der Waals surface area contributed by atoms with Crippen LogP contribution in [0.3, 0.4) is 0 Å². The molecule has 1 N–H and O–H groups in total. The number of hydrogen-bond donors (Lipinski definition) is 1. The third-order valence-corrected chi connectivity index (χ3v) is 7.05. The first-order valence-electron chi connectivity index (χ1n) is 10.6. The van der Waals surface area contributed by atoms with Crippen LogP contribution in [0.4, 0.5) is 5.69 Å². The first-order valence-corrected chi connectivity index (χ1v) is 12.5. The second-order valence-electron chi connectivity index (χ2n) is 7.67. The van der Waals surface area contributed by atoms with Crippen LogP contribution in [0, 0.1) is 0 Å². The first kappa shape index (κ1) is 26.0. The highest BCUT2D eigenvalue weighted by Crippen LogP contribution is 2.41. The number of halogens is 1. The highest BCUT2D eigenvalue weighted by Gasteiger charge is 2.29. The molecule has 0 aromatic heterocycles. The molecule has 32 heavy (non-hydrogen) atoms. The Bertz CT molecular complexity index is 1020. The summed E-state index contributed by atoms with van der Waals surface area (Å²) in [5.74, 6) is -0.691. The maximum absolute atomic E-state index is 13.2. The van der Waals surface area contributed by atoms with Crippen molar-refractivity contribution in [2.75, 3.05) is 32.1 Å². The summed E-state index contributed by atoms with van der Waals surface area (Å²) in [7, 11) is -1.19.